The maximum Gasteiger partial charge on any atom is 0.315 e. The summed E-state index contributed by atoms with van der Waals surface area (Å²) in [6, 6.07) is 1.92. The van der Waals surface area contributed by atoms with Crippen LogP contribution in [0.5, 0.6) is 0 Å². The molecule has 1 atom stereocenters. The van der Waals surface area contributed by atoms with Gasteiger partial charge in [-0.15, -0.1) is 11.3 Å². The lowest BCUT2D eigenvalue weighted by molar-refractivity contribution is -0.145. The summed E-state index contributed by atoms with van der Waals surface area (Å²) in [6.45, 7) is 4.17. The molecular weight excluding hydrogens is 262 g/mol. The Kier molecular flexibility index (Phi) is 3.14. The minimum absolute atomic E-state index is 0.151. The standard InChI is InChI=1S/C14H15NO3S/c1-3-17-14(16)10-4-5-11-12(10)15-13(19-11)9-6-7-18-8(9)2/h6-7,10H,3-5H2,1-2H3. The normalized spacial score (nSPS) is 17.5. The number of nitrogens with zero attached hydrogens (tertiary/aromatic N) is 1. The fourth-order valence-corrected chi connectivity index (χ4v) is 3.63. The van der Waals surface area contributed by atoms with Crippen LogP contribution in [0.15, 0.2) is 16.7 Å². The molecule has 0 fully saturated rings. The number of hydrogen-bond acceptors (Lipinski definition) is 5. The summed E-state index contributed by atoms with van der Waals surface area (Å²) in [5.74, 6) is 0.522. The molecule has 0 saturated heterocycles. The van der Waals surface area contributed by atoms with Crippen LogP contribution in [0.3, 0.4) is 0 Å². The summed E-state index contributed by atoms with van der Waals surface area (Å²) in [5, 5.41) is 0.935. The topological polar surface area (TPSA) is 52.3 Å². The van der Waals surface area contributed by atoms with Crippen LogP contribution in [0.25, 0.3) is 10.6 Å². The zero-order valence-corrected chi connectivity index (χ0v) is 11.8. The van der Waals surface area contributed by atoms with Crippen LogP contribution < -0.4 is 0 Å². The summed E-state index contributed by atoms with van der Waals surface area (Å²) in [6.07, 6.45) is 3.39. The van der Waals surface area contributed by atoms with Gasteiger partial charge in [-0.2, -0.15) is 0 Å². The maximum atomic E-state index is 11.9. The van der Waals surface area contributed by atoms with Crippen LogP contribution in [-0.4, -0.2) is 17.6 Å². The summed E-state index contributed by atoms with van der Waals surface area (Å²) in [4.78, 5) is 17.7. The average Bonchev–Trinajstić information content (AvgIpc) is 3.02. The van der Waals surface area contributed by atoms with Crippen molar-refractivity contribution in [2.75, 3.05) is 6.61 Å². The lowest BCUT2D eigenvalue weighted by atomic mass is 10.1. The molecule has 0 saturated carbocycles. The van der Waals surface area contributed by atoms with E-state index >= 15 is 0 Å². The first-order valence-electron chi connectivity index (χ1n) is 6.41. The largest absolute Gasteiger partial charge is 0.469 e. The van der Waals surface area contributed by atoms with Gasteiger partial charge < -0.3 is 9.15 Å². The van der Waals surface area contributed by atoms with E-state index in [4.69, 9.17) is 9.15 Å². The first kappa shape index (κ1) is 12.4. The van der Waals surface area contributed by atoms with Crippen LogP contribution >= 0.6 is 11.3 Å². The lowest BCUT2D eigenvalue weighted by Crippen LogP contribution is -2.14. The van der Waals surface area contributed by atoms with Gasteiger partial charge in [0, 0.05) is 4.88 Å². The maximum absolute atomic E-state index is 11.9. The third-order valence-corrected chi connectivity index (χ3v) is 4.54. The Bertz CT molecular complexity index is 614. The molecule has 2 heterocycles. The molecule has 0 aromatic carbocycles. The van der Waals surface area contributed by atoms with Crippen molar-refractivity contribution in [3.8, 4) is 10.6 Å². The van der Waals surface area contributed by atoms with E-state index in [-0.39, 0.29) is 11.9 Å². The second-order valence-electron chi connectivity index (χ2n) is 4.56. The van der Waals surface area contributed by atoms with Crippen molar-refractivity contribution in [2.24, 2.45) is 0 Å². The van der Waals surface area contributed by atoms with Gasteiger partial charge >= 0.3 is 5.97 Å². The number of rotatable bonds is 3. The molecular formula is C14H15NO3S. The number of esters is 1. The zero-order chi connectivity index (χ0) is 13.4. The zero-order valence-electron chi connectivity index (χ0n) is 10.9. The van der Waals surface area contributed by atoms with Gasteiger partial charge in [-0.05, 0) is 32.8 Å². The highest BCUT2D eigenvalue weighted by atomic mass is 32.1. The number of hydrogen-bond donors (Lipinski definition) is 0. The van der Waals surface area contributed by atoms with E-state index in [0.717, 1.165) is 34.9 Å². The fraction of sp³-hybridized carbons (Fsp3) is 0.429. The Morgan fingerprint density at radius 1 is 1.63 bits per heavy atom. The number of thiazole rings is 1. The van der Waals surface area contributed by atoms with Gasteiger partial charge in [0.25, 0.3) is 0 Å². The smallest absolute Gasteiger partial charge is 0.315 e. The molecule has 0 bridgehead atoms. The Labute approximate surface area is 115 Å². The second-order valence-corrected chi connectivity index (χ2v) is 5.64. The highest BCUT2D eigenvalue weighted by Gasteiger charge is 2.33. The summed E-state index contributed by atoms with van der Waals surface area (Å²) < 4.78 is 10.4. The van der Waals surface area contributed by atoms with Crippen molar-refractivity contribution in [1.29, 1.82) is 0 Å². The molecule has 0 N–H and O–H groups in total. The SMILES string of the molecule is CCOC(=O)C1CCc2sc(-c3ccoc3C)nc21. The van der Waals surface area contributed by atoms with Gasteiger partial charge in [0.1, 0.15) is 16.7 Å². The minimum atomic E-state index is -0.188. The number of carbonyl (C=O) groups is 1. The number of fused-ring (bicyclic) bond motifs is 1. The molecule has 0 radical (unpaired) electrons. The van der Waals surface area contributed by atoms with Crippen LogP contribution in [0.1, 0.15) is 35.6 Å². The Hall–Kier alpha value is -1.62. The van der Waals surface area contributed by atoms with Crippen molar-refractivity contribution < 1.29 is 13.9 Å². The predicted octanol–water partition coefficient (Wildman–Crippen LogP) is 3.30. The molecule has 5 heteroatoms. The van der Waals surface area contributed by atoms with Crippen molar-refractivity contribution in [3.05, 3.63) is 28.7 Å². The highest BCUT2D eigenvalue weighted by molar-refractivity contribution is 7.15. The Morgan fingerprint density at radius 2 is 2.47 bits per heavy atom. The number of furan rings is 1. The van der Waals surface area contributed by atoms with E-state index in [1.54, 1.807) is 17.6 Å². The number of carbonyl (C=O) groups excluding carboxylic acids is 1. The molecule has 3 rings (SSSR count). The number of aromatic nitrogens is 1. The Balaban J connectivity index is 1.93. The minimum Gasteiger partial charge on any atom is -0.469 e. The number of aryl methyl sites for hydroxylation is 2. The van der Waals surface area contributed by atoms with Gasteiger partial charge in [0.15, 0.2) is 0 Å². The molecule has 1 unspecified atom stereocenters. The van der Waals surface area contributed by atoms with E-state index < -0.39 is 0 Å². The number of ether oxygens (including phenoxy) is 1. The quantitative estimate of drug-likeness (QED) is 0.808. The molecule has 19 heavy (non-hydrogen) atoms. The first-order chi connectivity index (χ1) is 9.20. The lowest BCUT2D eigenvalue weighted by Gasteiger charge is -2.07. The van der Waals surface area contributed by atoms with Crippen molar-refractivity contribution in [1.82, 2.24) is 4.98 Å². The Morgan fingerprint density at radius 3 is 3.16 bits per heavy atom. The monoisotopic (exact) mass is 277 g/mol. The molecule has 2 aromatic rings. The molecule has 1 aliphatic carbocycles. The highest BCUT2D eigenvalue weighted by Crippen LogP contribution is 2.41. The summed E-state index contributed by atoms with van der Waals surface area (Å²) >= 11 is 1.65. The summed E-state index contributed by atoms with van der Waals surface area (Å²) in [5.41, 5.74) is 1.92. The van der Waals surface area contributed by atoms with Crippen LogP contribution in [0.4, 0.5) is 0 Å². The van der Waals surface area contributed by atoms with E-state index in [1.807, 2.05) is 19.9 Å². The first-order valence-corrected chi connectivity index (χ1v) is 7.23. The van der Waals surface area contributed by atoms with E-state index in [2.05, 4.69) is 4.98 Å². The van der Waals surface area contributed by atoms with Crippen molar-refractivity contribution >= 4 is 17.3 Å². The third kappa shape index (κ3) is 2.08. The predicted molar refractivity (Wildman–Crippen MR) is 72.2 cm³/mol. The molecule has 0 amide bonds. The van der Waals surface area contributed by atoms with Crippen molar-refractivity contribution in [2.45, 2.75) is 32.6 Å². The molecule has 4 nitrogen and oxygen atoms in total. The van der Waals surface area contributed by atoms with Crippen LogP contribution in [0.2, 0.25) is 0 Å². The van der Waals surface area contributed by atoms with E-state index in [1.165, 1.54) is 4.88 Å². The molecule has 0 aliphatic heterocycles. The van der Waals surface area contributed by atoms with Gasteiger partial charge in [-0.25, -0.2) is 4.98 Å². The van der Waals surface area contributed by atoms with E-state index in [9.17, 15) is 4.79 Å². The third-order valence-electron chi connectivity index (χ3n) is 3.38. The second kappa shape index (κ2) is 4.81. The summed E-state index contributed by atoms with van der Waals surface area (Å²) in [7, 11) is 0. The van der Waals surface area contributed by atoms with Crippen LogP contribution in [0, 0.1) is 6.92 Å². The molecule has 0 spiro atoms. The van der Waals surface area contributed by atoms with E-state index in [0.29, 0.717) is 6.61 Å². The van der Waals surface area contributed by atoms with Gasteiger partial charge in [-0.3, -0.25) is 4.79 Å². The van der Waals surface area contributed by atoms with Crippen molar-refractivity contribution in [3.63, 3.8) is 0 Å². The van der Waals surface area contributed by atoms with Gasteiger partial charge in [-0.1, -0.05) is 0 Å². The van der Waals surface area contributed by atoms with Gasteiger partial charge in [0.05, 0.1) is 24.1 Å². The molecule has 100 valence electrons. The van der Waals surface area contributed by atoms with Gasteiger partial charge in [0.2, 0.25) is 0 Å². The average molecular weight is 277 g/mol. The van der Waals surface area contributed by atoms with Crippen LogP contribution in [-0.2, 0) is 16.0 Å². The fourth-order valence-electron chi connectivity index (χ4n) is 2.42. The molecule has 2 aromatic heterocycles. The molecule has 1 aliphatic rings.